The molecule has 0 bridgehead atoms. The molecule has 1 heterocycles. The number of nitriles is 1. The maximum absolute atomic E-state index is 15.5. The molecule has 0 radical (unpaired) electrons. The standard InChI is InChI=1S/C36H36F4N6O4S/c1-34(2,3)51(50)45-35(16-15-22-7-8-22,25-11-9-23(20-41)10-12-25)26-13-14-28(37)29(18-26)43-32(47)30-19-31(36(38,39)40)44-46(30)27-6-4-5-24(17-27)21-42-33(48)49/h4-6,9-14,17-19,22,42,45H,7-8,15-16,21H2,1-3H3,(H,43,47)(H,48,49)/t35-,51?/m1/s1. The summed E-state index contributed by atoms with van der Waals surface area (Å²) < 4.78 is 74.2. The molecule has 1 unspecified atom stereocenters. The molecule has 0 spiro atoms. The van der Waals surface area contributed by atoms with E-state index in [1.54, 1.807) is 45.0 Å². The Balaban J connectivity index is 1.58. The fraction of sp³-hybridized carbons (Fsp3) is 0.333. The number of carbonyl (C=O) groups excluding carboxylic acids is 1. The van der Waals surface area contributed by atoms with Gasteiger partial charge in [-0.1, -0.05) is 43.2 Å². The summed E-state index contributed by atoms with van der Waals surface area (Å²) in [6.45, 7) is 5.24. The molecule has 15 heteroatoms. The van der Waals surface area contributed by atoms with Crippen molar-refractivity contribution in [2.75, 3.05) is 5.32 Å². The number of carbonyl (C=O) groups is 2. The molecule has 51 heavy (non-hydrogen) atoms. The van der Waals surface area contributed by atoms with Gasteiger partial charge in [-0.3, -0.25) is 4.79 Å². The first kappa shape index (κ1) is 37.3. The van der Waals surface area contributed by atoms with Crippen LogP contribution in [-0.4, -0.2) is 36.2 Å². The molecule has 10 nitrogen and oxygen atoms in total. The second-order valence-corrected chi connectivity index (χ2v) is 15.3. The average Bonchev–Trinajstić information content (AvgIpc) is 3.80. The van der Waals surface area contributed by atoms with Gasteiger partial charge in [0, 0.05) is 24.0 Å². The van der Waals surface area contributed by atoms with Crippen LogP contribution in [0.1, 0.15) is 84.9 Å². The van der Waals surface area contributed by atoms with Crippen molar-refractivity contribution in [2.45, 2.75) is 69.5 Å². The summed E-state index contributed by atoms with van der Waals surface area (Å²) in [4.78, 5) is 24.7. The number of alkyl halides is 3. The van der Waals surface area contributed by atoms with Gasteiger partial charge in [0.25, 0.3) is 5.91 Å². The van der Waals surface area contributed by atoms with Gasteiger partial charge in [0.2, 0.25) is 0 Å². The minimum atomic E-state index is -4.93. The van der Waals surface area contributed by atoms with Crippen LogP contribution in [0, 0.1) is 23.1 Å². The van der Waals surface area contributed by atoms with E-state index in [1.165, 1.54) is 36.4 Å². The Morgan fingerprint density at radius 2 is 1.73 bits per heavy atom. The number of hydrogen-bond acceptors (Lipinski definition) is 6. The van der Waals surface area contributed by atoms with Crippen molar-refractivity contribution in [3.8, 4) is 11.8 Å². The molecule has 1 aliphatic carbocycles. The molecule has 2 amide bonds. The summed E-state index contributed by atoms with van der Waals surface area (Å²) >= 11 is -1.65. The topological polar surface area (TPSA) is 155 Å². The third-order valence-electron chi connectivity index (χ3n) is 8.49. The predicted octanol–water partition coefficient (Wildman–Crippen LogP) is 7.41. The van der Waals surface area contributed by atoms with Gasteiger partial charge in [0.1, 0.15) is 21.8 Å². The number of benzene rings is 3. The zero-order valence-corrected chi connectivity index (χ0v) is 28.8. The van der Waals surface area contributed by atoms with E-state index in [9.17, 15) is 32.6 Å². The molecule has 0 aliphatic heterocycles. The number of anilines is 1. The van der Waals surface area contributed by atoms with Gasteiger partial charge in [0.05, 0.1) is 23.0 Å². The average molecular weight is 725 g/mol. The van der Waals surface area contributed by atoms with E-state index in [1.807, 2.05) is 0 Å². The van der Waals surface area contributed by atoms with Crippen molar-refractivity contribution in [1.29, 1.82) is 5.26 Å². The number of carboxylic acid groups (broad SMARTS) is 1. The highest BCUT2D eigenvalue weighted by Gasteiger charge is 2.44. The fourth-order valence-electron chi connectivity index (χ4n) is 5.52. The second kappa shape index (κ2) is 14.7. The smallest absolute Gasteiger partial charge is 0.435 e. The van der Waals surface area contributed by atoms with E-state index in [-0.39, 0.29) is 17.9 Å². The van der Waals surface area contributed by atoms with E-state index in [0.29, 0.717) is 40.7 Å². The van der Waals surface area contributed by atoms with Crippen molar-refractivity contribution in [3.05, 3.63) is 112 Å². The Morgan fingerprint density at radius 1 is 1.04 bits per heavy atom. The molecule has 0 saturated heterocycles. The van der Waals surface area contributed by atoms with Crippen LogP contribution in [-0.2, 0) is 29.6 Å². The van der Waals surface area contributed by atoms with E-state index in [0.717, 1.165) is 30.0 Å². The minimum Gasteiger partial charge on any atom is -0.598 e. The number of hydrogen-bond donors (Lipinski definition) is 4. The number of nitrogens with zero attached hydrogens (tertiary/aromatic N) is 3. The minimum absolute atomic E-state index is 0.0309. The highest BCUT2D eigenvalue weighted by Crippen LogP contribution is 2.43. The van der Waals surface area contributed by atoms with Crippen molar-refractivity contribution in [3.63, 3.8) is 0 Å². The zero-order chi connectivity index (χ0) is 37.1. The van der Waals surface area contributed by atoms with Gasteiger partial charge in [0.15, 0.2) is 5.69 Å². The molecule has 4 N–H and O–H groups in total. The van der Waals surface area contributed by atoms with Gasteiger partial charge in [-0.2, -0.15) is 23.5 Å². The lowest BCUT2D eigenvalue weighted by molar-refractivity contribution is -0.141. The molecule has 5 rings (SSSR count). The number of halogens is 4. The fourth-order valence-corrected chi connectivity index (χ4v) is 6.48. The predicted molar refractivity (Wildman–Crippen MR) is 183 cm³/mol. The highest BCUT2D eigenvalue weighted by atomic mass is 32.2. The Kier molecular flexibility index (Phi) is 10.8. The Hall–Kier alpha value is -4.91. The third-order valence-corrected chi connectivity index (χ3v) is 10.1. The number of aromatic nitrogens is 2. The first-order valence-electron chi connectivity index (χ1n) is 16.1. The summed E-state index contributed by atoms with van der Waals surface area (Å²) in [5.74, 6) is -1.53. The van der Waals surface area contributed by atoms with Crippen LogP contribution in [0.2, 0.25) is 0 Å². The van der Waals surface area contributed by atoms with Gasteiger partial charge >= 0.3 is 12.3 Å². The summed E-state index contributed by atoms with van der Waals surface area (Å²) in [6, 6.07) is 19.1. The van der Waals surface area contributed by atoms with Crippen molar-refractivity contribution >= 4 is 29.0 Å². The lowest BCUT2D eigenvalue weighted by Crippen LogP contribution is -2.52. The summed E-state index contributed by atoms with van der Waals surface area (Å²) in [5, 5.41) is 26.6. The number of amides is 2. The molecule has 1 aliphatic rings. The number of nitrogens with one attached hydrogen (secondary N) is 3. The van der Waals surface area contributed by atoms with Crippen LogP contribution in [0.15, 0.2) is 72.8 Å². The Morgan fingerprint density at radius 3 is 2.33 bits per heavy atom. The molecular formula is C36H36F4N6O4S. The quantitative estimate of drug-likeness (QED) is 0.0876. The van der Waals surface area contributed by atoms with E-state index < -0.39 is 57.0 Å². The third kappa shape index (κ3) is 8.88. The molecular weight excluding hydrogens is 688 g/mol. The van der Waals surface area contributed by atoms with E-state index >= 15 is 4.39 Å². The van der Waals surface area contributed by atoms with Crippen LogP contribution >= 0.6 is 0 Å². The summed E-state index contributed by atoms with van der Waals surface area (Å²) in [6.07, 6.45) is -3.01. The highest BCUT2D eigenvalue weighted by molar-refractivity contribution is 7.90. The molecule has 2 atom stereocenters. The molecule has 1 saturated carbocycles. The zero-order valence-electron chi connectivity index (χ0n) is 28.0. The van der Waals surface area contributed by atoms with Gasteiger partial charge in [-0.25, -0.2) is 13.9 Å². The Labute approximate surface area is 295 Å². The maximum Gasteiger partial charge on any atom is 0.435 e. The van der Waals surface area contributed by atoms with Crippen LogP contribution in [0.3, 0.4) is 0 Å². The lowest BCUT2D eigenvalue weighted by atomic mass is 9.79. The van der Waals surface area contributed by atoms with Crippen molar-refractivity contribution < 1.29 is 36.8 Å². The molecule has 3 aromatic carbocycles. The lowest BCUT2D eigenvalue weighted by Gasteiger charge is -2.39. The number of rotatable bonds is 12. The van der Waals surface area contributed by atoms with Crippen molar-refractivity contribution in [1.82, 2.24) is 19.8 Å². The Bertz CT molecular complexity index is 1950. The maximum atomic E-state index is 15.5. The van der Waals surface area contributed by atoms with Gasteiger partial charge in [-0.05, 0) is 92.6 Å². The second-order valence-electron chi connectivity index (χ2n) is 13.4. The normalized spacial score (nSPS) is 15.0. The largest absolute Gasteiger partial charge is 0.598 e. The SMILES string of the molecule is CC(C)(C)[S+]([O-])N[C@](CCC1CC1)(c1ccc(C#N)cc1)c1ccc(F)c(NC(=O)c2cc(C(F)(F)F)nn2-c2cccc(CNC(=O)O)c2)c1. The van der Waals surface area contributed by atoms with E-state index in [2.05, 4.69) is 26.5 Å². The molecule has 1 aromatic heterocycles. The van der Waals surface area contributed by atoms with Crippen LogP contribution in [0.25, 0.3) is 5.69 Å². The van der Waals surface area contributed by atoms with Crippen LogP contribution in [0.4, 0.5) is 28.0 Å². The van der Waals surface area contributed by atoms with Gasteiger partial charge < -0.3 is 20.3 Å². The van der Waals surface area contributed by atoms with E-state index in [4.69, 9.17) is 5.11 Å². The first-order valence-corrected chi connectivity index (χ1v) is 17.2. The monoisotopic (exact) mass is 724 g/mol. The van der Waals surface area contributed by atoms with Crippen LogP contribution < -0.4 is 15.4 Å². The molecule has 268 valence electrons. The van der Waals surface area contributed by atoms with Gasteiger partial charge in [-0.15, -0.1) is 4.72 Å². The molecule has 4 aromatic rings. The molecule has 1 fully saturated rings. The first-order chi connectivity index (χ1) is 24.0. The van der Waals surface area contributed by atoms with Crippen LogP contribution in [0.5, 0.6) is 0 Å². The summed E-state index contributed by atoms with van der Waals surface area (Å²) in [5.41, 5.74) is -1.56. The summed E-state index contributed by atoms with van der Waals surface area (Å²) in [7, 11) is 0. The van der Waals surface area contributed by atoms with Crippen molar-refractivity contribution in [2.24, 2.45) is 5.92 Å².